The van der Waals surface area contributed by atoms with Crippen molar-refractivity contribution in [3.63, 3.8) is 0 Å². The van der Waals surface area contributed by atoms with Crippen molar-refractivity contribution in [1.29, 1.82) is 0 Å². The van der Waals surface area contributed by atoms with E-state index in [1.165, 1.54) is 5.56 Å². The molecule has 4 nitrogen and oxygen atoms in total. The van der Waals surface area contributed by atoms with Crippen LogP contribution in [0.25, 0.3) is 11.3 Å². The average Bonchev–Trinajstić information content (AvgIpc) is 2.78. The van der Waals surface area contributed by atoms with Gasteiger partial charge in [0.1, 0.15) is 10.6 Å². The van der Waals surface area contributed by atoms with E-state index in [0.29, 0.717) is 10.6 Å². The molecule has 18 heavy (non-hydrogen) atoms. The number of aromatic nitrogens is 2. The number of carbonyl (C=O) groups is 1. The summed E-state index contributed by atoms with van der Waals surface area (Å²) in [5.41, 5.74) is 2.75. The number of hydrogen-bond acceptors (Lipinski definition) is 4. The van der Waals surface area contributed by atoms with Crippen LogP contribution in [-0.2, 0) is 0 Å². The largest absolute Gasteiger partial charge is 0.349 e. The molecule has 0 aliphatic carbocycles. The van der Waals surface area contributed by atoms with Crippen LogP contribution in [0.1, 0.15) is 29.1 Å². The lowest BCUT2D eigenvalue weighted by molar-refractivity contribution is 0.0947. The number of nitrogens with zero attached hydrogens (tertiary/aromatic N) is 2. The third kappa shape index (κ3) is 2.73. The fourth-order valence-electron chi connectivity index (χ4n) is 1.57. The van der Waals surface area contributed by atoms with Crippen LogP contribution < -0.4 is 5.32 Å². The van der Waals surface area contributed by atoms with E-state index in [-0.39, 0.29) is 11.9 Å². The van der Waals surface area contributed by atoms with E-state index >= 15 is 0 Å². The van der Waals surface area contributed by atoms with Gasteiger partial charge in [0.15, 0.2) is 0 Å². The van der Waals surface area contributed by atoms with Gasteiger partial charge in [0.25, 0.3) is 5.91 Å². The molecule has 0 spiro atoms. The van der Waals surface area contributed by atoms with Gasteiger partial charge in [-0.3, -0.25) is 4.79 Å². The molecule has 0 unspecified atom stereocenters. The topological polar surface area (TPSA) is 54.9 Å². The molecule has 0 saturated carbocycles. The lowest BCUT2D eigenvalue weighted by Gasteiger charge is -2.07. The first-order valence-electron chi connectivity index (χ1n) is 5.78. The Morgan fingerprint density at radius 2 is 1.94 bits per heavy atom. The first kappa shape index (κ1) is 12.7. The number of nitrogens with one attached hydrogen (secondary N) is 1. The molecule has 0 radical (unpaired) electrons. The van der Waals surface area contributed by atoms with E-state index < -0.39 is 0 Å². The maximum atomic E-state index is 12.0. The first-order chi connectivity index (χ1) is 8.58. The van der Waals surface area contributed by atoms with Crippen LogP contribution in [0.3, 0.4) is 0 Å². The molecule has 1 aromatic carbocycles. The molecule has 1 aromatic heterocycles. The predicted octanol–water partition coefficient (Wildman–Crippen LogP) is 2.65. The summed E-state index contributed by atoms with van der Waals surface area (Å²) < 4.78 is 3.88. The summed E-state index contributed by atoms with van der Waals surface area (Å²) in [7, 11) is 0. The number of rotatable bonds is 3. The molecule has 0 aliphatic heterocycles. The summed E-state index contributed by atoms with van der Waals surface area (Å²) in [6, 6.07) is 8.01. The molecule has 0 fully saturated rings. The van der Waals surface area contributed by atoms with Crippen molar-refractivity contribution in [2.45, 2.75) is 26.8 Å². The van der Waals surface area contributed by atoms with E-state index in [0.717, 1.165) is 17.1 Å². The van der Waals surface area contributed by atoms with Gasteiger partial charge >= 0.3 is 0 Å². The zero-order valence-corrected chi connectivity index (χ0v) is 11.4. The molecular weight excluding hydrogens is 246 g/mol. The van der Waals surface area contributed by atoms with Gasteiger partial charge in [-0.05, 0) is 32.3 Å². The van der Waals surface area contributed by atoms with E-state index in [1.807, 2.05) is 45.0 Å². The van der Waals surface area contributed by atoms with E-state index in [1.54, 1.807) is 0 Å². The van der Waals surface area contributed by atoms with Gasteiger partial charge in [-0.1, -0.05) is 34.3 Å². The van der Waals surface area contributed by atoms with Crippen molar-refractivity contribution in [2.75, 3.05) is 0 Å². The zero-order valence-electron chi connectivity index (χ0n) is 10.6. The predicted molar refractivity (Wildman–Crippen MR) is 72.7 cm³/mol. The monoisotopic (exact) mass is 261 g/mol. The molecule has 1 heterocycles. The van der Waals surface area contributed by atoms with Crippen LogP contribution in [-0.4, -0.2) is 21.5 Å². The Morgan fingerprint density at radius 3 is 2.56 bits per heavy atom. The molecule has 2 aromatic rings. The summed E-state index contributed by atoms with van der Waals surface area (Å²) >= 11 is 1.13. The second-order valence-electron chi connectivity index (χ2n) is 4.44. The minimum Gasteiger partial charge on any atom is -0.349 e. The Bertz CT molecular complexity index is 546. The van der Waals surface area contributed by atoms with Gasteiger partial charge in [-0.2, -0.15) is 0 Å². The number of carbonyl (C=O) groups excluding carboxylic acids is 1. The Balaban J connectivity index is 2.33. The van der Waals surface area contributed by atoms with Crippen molar-refractivity contribution >= 4 is 17.4 Å². The summed E-state index contributed by atoms with van der Waals surface area (Å²) in [5.74, 6) is -0.115. The van der Waals surface area contributed by atoms with Crippen molar-refractivity contribution in [3.8, 4) is 11.3 Å². The zero-order chi connectivity index (χ0) is 13.1. The van der Waals surface area contributed by atoms with E-state index in [2.05, 4.69) is 14.9 Å². The van der Waals surface area contributed by atoms with Crippen LogP contribution in [0.5, 0.6) is 0 Å². The minimum absolute atomic E-state index is 0.102. The van der Waals surface area contributed by atoms with E-state index in [4.69, 9.17) is 0 Å². The maximum absolute atomic E-state index is 12.0. The van der Waals surface area contributed by atoms with Gasteiger partial charge in [0.2, 0.25) is 0 Å². The highest BCUT2D eigenvalue weighted by atomic mass is 32.1. The smallest absolute Gasteiger partial charge is 0.265 e. The van der Waals surface area contributed by atoms with Crippen LogP contribution in [0.2, 0.25) is 0 Å². The van der Waals surface area contributed by atoms with Gasteiger partial charge in [-0.15, -0.1) is 5.10 Å². The average molecular weight is 261 g/mol. The molecule has 0 atom stereocenters. The highest BCUT2D eigenvalue weighted by Crippen LogP contribution is 2.24. The fourth-order valence-corrected chi connectivity index (χ4v) is 2.16. The van der Waals surface area contributed by atoms with Crippen LogP contribution in [0.4, 0.5) is 0 Å². The second kappa shape index (κ2) is 5.27. The number of hydrogen-bond donors (Lipinski definition) is 1. The van der Waals surface area contributed by atoms with Gasteiger partial charge in [0, 0.05) is 11.6 Å². The molecule has 0 bridgehead atoms. The minimum atomic E-state index is -0.115. The van der Waals surface area contributed by atoms with E-state index in [9.17, 15) is 4.79 Å². The third-order valence-electron chi connectivity index (χ3n) is 2.44. The molecule has 94 valence electrons. The van der Waals surface area contributed by atoms with Crippen molar-refractivity contribution in [3.05, 3.63) is 34.7 Å². The second-order valence-corrected chi connectivity index (χ2v) is 5.20. The summed E-state index contributed by atoms with van der Waals surface area (Å²) in [4.78, 5) is 12.6. The Morgan fingerprint density at radius 1 is 1.28 bits per heavy atom. The number of benzene rings is 1. The van der Waals surface area contributed by atoms with Gasteiger partial charge in [0.05, 0.1) is 0 Å². The lowest BCUT2D eigenvalue weighted by Crippen LogP contribution is -2.29. The Kier molecular flexibility index (Phi) is 3.72. The molecule has 0 saturated heterocycles. The molecular formula is C13H15N3OS. The maximum Gasteiger partial charge on any atom is 0.265 e. The van der Waals surface area contributed by atoms with Crippen LogP contribution in [0.15, 0.2) is 24.3 Å². The first-order valence-corrected chi connectivity index (χ1v) is 6.55. The third-order valence-corrected chi connectivity index (χ3v) is 3.16. The normalized spacial score (nSPS) is 10.7. The standard InChI is InChI=1S/C13H15N3OS/c1-8(2)14-13(17)12-11(15-16-18-12)10-6-4-9(3)5-7-10/h4-8H,1-3H3,(H,14,17). The van der Waals surface area contributed by atoms with Gasteiger partial charge < -0.3 is 5.32 Å². The SMILES string of the molecule is Cc1ccc(-c2nnsc2C(=O)NC(C)C)cc1. The molecule has 1 N–H and O–H groups in total. The highest BCUT2D eigenvalue weighted by molar-refractivity contribution is 7.08. The molecule has 2 rings (SSSR count). The highest BCUT2D eigenvalue weighted by Gasteiger charge is 2.17. The van der Waals surface area contributed by atoms with Crippen molar-refractivity contribution in [1.82, 2.24) is 14.9 Å². The molecule has 5 heteroatoms. The lowest BCUT2D eigenvalue weighted by atomic mass is 10.1. The fraction of sp³-hybridized carbons (Fsp3) is 0.308. The van der Waals surface area contributed by atoms with Gasteiger partial charge in [-0.25, -0.2) is 0 Å². The molecule has 0 aliphatic rings. The van der Waals surface area contributed by atoms with Crippen LogP contribution >= 0.6 is 11.5 Å². The van der Waals surface area contributed by atoms with Crippen molar-refractivity contribution < 1.29 is 4.79 Å². The Hall–Kier alpha value is -1.75. The quantitative estimate of drug-likeness (QED) is 0.924. The van der Waals surface area contributed by atoms with Crippen molar-refractivity contribution in [2.24, 2.45) is 0 Å². The Labute approximate surface area is 110 Å². The summed E-state index contributed by atoms with van der Waals surface area (Å²) in [5, 5.41) is 6.91. The van der Waals surface area contributed by atoms with Crippen LogP contribution in [0, 0.1) is 6.92 Å². The number of amides is 1. The number of aryl methyl sites for hydroxylation is 1. The molecule has 1 amide bonds. The summed E-state index contributed by atoms with van der Waals surface area (Å²) in [6.45, 7) is 5.88. The summed E-state index contributed by atoms with van der Waals surface area (Å²) in [6.07, 6.45) is 0.